The highest BCUT2D eigenvalue weighted by atomic mass is 32.1. The largest absolute Gasteiger partial charge is 0.480 e. The van der Waals surface area contributed by atoms with E-state index < -0.39 is 32.1 Å². The second-order valence-electron chi connectivity index (χ2n) is 6.65. The van der Waals surface area contributed by atoms with Crippen LogP contribution in [0.15, 0.2) is 0 Å². The smallest absolute Gasteiger partial charge is 0.318 e. The molecule has 28 heavy (non-hydrogen) atoms. The van der Waals surface area contributed by atoms with Gasteiger partial charge in [0.25, 0.3) is 0 Å². The van der Waals surface area contributed by atoms with E-state index in [-0.39, 0.29) is 13.2 Å². The average molecular weight is 467 g/mol. The van der Waals surface area contributed by atoms with Crippen LogP contribution in [0.5, 0.6) is 0 Å². The minimum Gasteiger partial charge on any atom is -0.480 e. The Hall–Kier alpha value is -0.660. The van der Waals surface area contributed by atoms with Crippen molar-refractivity contribution in [3.05, 3.63) is 0 Å². The Bertz CT molecular complexity index is 375. The average Bonchev–Trinajstić information content (AvgIpc) is 2.46. The molecule has 0 aliphatic heterocycles. The van der Waals surface area contributed by atoms with E-state index >= 15 is 0 Å². The molecule has 0 atom stereocenters. The highest BCUT2D eigenvalue weighted by Gasteiger charge is 2.21. The third-order valence-corrected chi connectivity index (χ3v) is 2.62. The Labute approximate surface area is 182 Å². The first kappa shape index (κ1) is 34.8. The molecule has 12 heteroatoms. The summed E-state index contributed by atoms with van der Waals surface area (Å²) in [5.41, 5.74) is 0. The van der Waals surface area contributed by atoms with Gasteiger partial charge in [0, 0.05) is 0 Å². The summed E-state index contributed by atoms with van der Waals surface area (Å²) in [7, 11) is 0. The molecule has 0 saturated heterocycles. The van der Waals surface area contributed by atoms with Crippen LogP contribution in [0.1, 0.15) is 41.5 Å². The van der Waals surface area contributed by atoms with Crippen LogP contribution in [0.2, 0.25) is 0 Å². The van der Waals surface area contributed by atoms with Crippen molar-refractivity contribution < 1.29 is 44.7 Å². The number of aliphatic carboxylic acids is 3. The number of hydrogen-bond donors (Lipinski definition) is 8. The highest BCUT2D eigenvalue weighted by Crippen LogP contribution is 2.11. The van der Waals surface area contributed by atoms with Gasteiger partial charge in [0.05, 0.1) is 26.4 Å². The summed E-state index contributed by atoms with van der Waals surface area (Å²) in [6, 6.07) is 0. The minimum atomic E-state index is -0.893. The van der Waals surface area contributed by atoms with E-state index in [1.165, 1.54) is 41.5 Å². The lowest BCUT2D eigenvalue weighted by Crippen LogP contribution is -2.23. The first-order chi connectivity index (χ1) is 12.2. The summed E-state index contributed by atoms with van der Waals surface area (Å²) in [6.45, 7) is 9.85. The maximum absolute atomic E-state index is 9.94. The Kier molecular flexibility index (Phi) is 21.4. The summed E-state index contributed by atoms with van der Waals surface area (Å²) < 4.78 is 1.97. The van der Waals surface area contributed by atoms with Gasteiger partial charge in [-0.3, -0.25) is 14.4 Å². The molecule has 0 aromatic rings. The van der Waals surface area contributed by atoms with Crippen molar-refractivity contribution in [1.29, 1.82) is 0 Å². The number of ether oxygens (including phenoxy) is 1. The van der Waals surface area contributed by atoms with E-state index in [9.17, 15) is 14.4 Å². The van der Waals surface area contributed by atoms with Crippen LogP contribution in [-0.4, -0.2) is 84.1 Å². The van der Waals surface area contributed by atoms with Crippen molar-refractivity contribution in [2.24, 2.45) is 0 Å². The molecular formula is C16H34O9S3. The Morgan fingerprint density at radius 3 is 0.857 bits per heavy atom. The number of aliphatic hydroxyl groups excluding tert-OH is 2. The third kappa shape index (κ3) is 33.0. The zero-order valence-corrected chi connectivity index (χ0v) is 19.7. The summed E-state index contributed by atoms with van der Waals surface area (Å²) in [6.07, 6.45) is 0. The van der Waals surface area contributed by atoms with Gasteiger partial charge in [0.1, 0.15) is 14.2 Å². The van der Waals surface area contributed by atoms with Crippen molar-refractivity contribution in [3.63, 3.8) is 0 Å². The number of carbonyl (C=O) groups is 3. The molecule has 0 bridgehead atoms. The topological polar surface area (TPSA) is 162 Å². The standard InChI is InChI=1S/C4H10O3.3C4H8O2S/c5-1-3-7-4-2-6;3*1-4(2,7)3(5)6/h5-6H,1-4H2;3*7H,1-2H3,(H,5,6). The van der Waals surface area contributed by atoms with Crippen molar-refractivity contribution in [1.82, 2.24) is 0 Å². The SMILES string of the molecule is CC(C)(S)C(=O)O.CC(C)(S)C(=O)O.CC(C)(S)C(=O)O.OCCOCCO. The lowest BCUT2D eigenvalue weighted by atomic mass is 10.2. The molecule has 0 rings (SSSR count). The monoisotopic (exact) mass is 466 g/mol. The van der Waals surface area contributed by atoms with Crippen LogP contribution in [0, 0.1) is 0 Å². The fraction of sp³-hybridized carbons (Fsp3) is 0.812. The van der Waals surface area contributed by atoms with Crippen molar-refractivity contribution >= 4 is 55.8 Å². The summed E-state index contributed by atoms with van der Waals surface area (Å²) >= 11 is 11.2. The fourth-order valence-electron chi connectivity index (χ4n) is 0.231. The van der Waals surface area contributed by atoms with Gasteiger partial charge in [-0.2, -0.15) is 37.9 Å². The molecule has 0 unspecified atom stereocenters. The van der Waals surface area contributed by atoms with Crippen LogP contribution in [0.3, 0.4) is 0 Å². The zero-order chi connectivity index (χ0) is 23.8. The van der Waals surface area contributed by atoms with Crippen LogP contribution < -0.4 is 0 Å². The molecule has 0 fully saturated rings. The van der Waals surface area contributed by atoms with Gasteiger partial charge in [0.15, 0.2) is 0 Å². The molecule has 0 saturated carbocycles. The highest BCUT2D eigenvalue weighted by molar-refractivity contribution is 7.83. The van der Waals surface area contributed by atoms with Crippen LogP contribution in [0.25, 0.3) is 0 Å². The van der Waals surface area contributed by atoms with E-state index in [0.717, 1.165) is 0 Å². The summed E-state index contributed by atoms with van der Waals surface area (Å²) in [4.78, 5) is 29.8. The number of hydrogen-bond acceptors (Lipinski definition) is 9. The first-order valence-electron chi connectivity index (χ1n) is 7.91. The molecule has 0 heterocycles. The Morgan fingerprint density at radius 1 is 0.643 bits per heavy atom. The van der Waals surface area contributed by atoms with E-state index in [1.54, 1.807) is 0 Å². The van der Waals surface area contributed by atoms with Crippen molar-refractivity contribution in [3.8, 4) is 0 Å². The van der Waals surface area contributed by atoms with Gasteiger partial charge < -0.3 is 30.3 Å². The molecule has 0 aliphatic rings. The normalized spacial score (nSPS) is 10.8. The molecule has 0 aromatic carbocycles. The first-order valence-corrected chi connectivity index (χ1v) is 9.26. The molecule has 0 radical (unpaired) electrons. The van der Waals surface area contributed by atoms with Crippen molar-refractivity contribution in [2.45, 2.75) is 55.8 Å². The zero-order valence-electron chi connectivity index (χ0n) is 17.0. The summed E-state index contributed by atoms with van der Waals surface area (Å²) in [5.74, 6) is -2.68. The number of carboxylic acid groups (broad SMARTS) is 3. The number of rotatable bonds is 7. The summed E-state index contributed by atoms with van der Waals surface area (Å²) in [5, 5.41) is 40.7. The maximum Gasteiger partial charge on any atom is 0.318 e. The lowest BCUT2D eigenvalue weighted by molar-refractivity contribution is -0.139. The fourth-order valence-corrected chi connectivity index (χ4v) is 0.231. The number of aliphatic hydroxyl groups is 2. The molecular weight excluding hydrogens is 432 g/mol. The van der Waals surface area contributed by atoms with Gasteiger partial charge in [-0.05, 0) is 41.5 Å². The maximum atomic E-state index is 9.94. The minimum absolute atomic E-state index is 0.0278. The quantitative estimate of drug-likeness (QED) is 0.204. The molecule has 0 aromatic heterocycles. The predicted molar refractivity (Wildman–Crippen MR) is 117 cm³/mol. The predicted octanol–water partition coefficient (Wildman–Crippen LogP) is 1.33. The molecule has 0 spiro atoms. The molecule has 0 aliphatic carbocycles. The second kappa shape index (κ2) is 17.2. The van der Waals surface area contributed by atoms with E-state index in [1.807, 2.05) is 0 Å². The van der Waals surface area contributed by atoms with Crippen LogP contribution in [0.4, 0.5) is 0 Å². The van der Waals surface area contributed by atoms with Gasteiger partial charge in [0.2, 0.25) is 0 Å². The van der Waals surface area contributed by atoms with Gasteiger partial charge >= 0.3 is 17.9 Å². The van der Waals surface area contributed by atoms with Gasteiger partial charge in [-0.15, -0.1) is 0 Å². The molecule has 5 N–H and O–H groups in total. The van der Waals surface area contributed by atoms with Gasteiger partial charge in [-0.1, -0.05) is 0 Å². The number of carboxylic acids is 3. The molecule has 170 valence electrons. The Morgan fingerprint density at radius 2 is 0.786 bits per heavy atom. The van der Waals surface area contributed by atoms with E-state index in [4.69, 9.17) is 25.5 Å². The number of thiol groups is 3. The van der Waals surface area contributed by atoms with Crippen molar-refractivity contribution in [2.75, 3.05) is 26.4 Å². The lowest BCUT2D eigenvalue weighted by Gasteiger charge is -2.07. The molecule has 9 nitrogen and oxygen atoms in total. The second-order valence-corrected chi connectivity index (χ2v) is 10.0. The van der Waals surface area contributed by atoms with E-state index in [2.05, 4.69) is 42.6 Å². The van der Waals surface area contributed by atoms with Crippen LogP contribution in [-0.2, 0) is 19.1 Å². The van der Waals surface area contributed by atoms with Crippen LogP contribution >= 0.6 is 37.9 Å². The van der Waals surface area contributed by atoms with E-state index in [0.29, 0.717) is 13.2 Å². The third-order valence-electron chi connectivity index (χ3n) is 2.04. The Balaban J connectivity index is -0.000000137. The molecule has 0 amide bonds. The van der Waals surface area contributed by atoms with Gasteiger partial charge in [-0.25, -0.2) is 0 Å².